The van der Waals surface area contributed by atoms with Gasteiger partial charge in [-0.3, -0.25) is 9.36 Å². The van der Waals surface area contributed by atoms with Crippen molar-refractivity contribution in [1.29, 1.82) is 0 Å². The first-order chi connectivity index (χ1) is 18.2. The molecule has 0 spiro atoms. The van der Waals surface area contributed by atoms with E-state index in [1.54, 1.807) is 12.5 Å². The highest BCUT2D eigenvalue weighted by Crippen LogP contribution is 2.27. The van der Waals surface area contributed by atoms with Gasteiger partial charge in [0.05, 0.1) is 12.5 Å². The van der Waals surface area contributed by atoms with Gasteiger partial charge in [-0.05, 0) is 72.9 Å². The molecule has 0 aliphatic carbocycles. The Labute approximate surface area is 217 Å². The lowest BCUT2D eigenvalue weighted by Crippen LogP contribution is -2.34. The molecule has 1 N–H and O–H groups in total. The van der Waals surface area contributed by atoms with Crippen LogP contribution in [0.15, 0.2) is 122 Å². The van der Waals surface area contributed by atoms with Gasteiger partial charge < -0.3 is 10.1 Å². The van der Waals surface area contributed by atoms with E-state index in [0.717, 1.165) is 41.2 Å². The topological polar surface area (TPSA) is 56.2 Å². The van der Waals surface area contributed by atoms with Gasteiger partial charge in [-0.15, -0.1) is 0 Å². The van der Waals surface area contributed by atoms with Crippen LogP contribution in [0.25, 0.3) is 16.8 Å². The van der Waals surface area contributed by atoms with Crippen molar-refractivity contribution in [3.63, 3.8) is 0 Å². The number of para-hydroxylation sites is 1. The zero-order valence-electron chi connectivity index (χ0n) is 20.7. The predicted octanol–water partition coefficient (Wildman–Crippen LogP) is 7.08. The van der Waals surface area contributed by atoms with Crippen LogP contribution in [0.5, 0.6) is 11.5 Å². The summed E-state index contributed by atoms with van der Waals surface area (Å²) in [4.78, 5) is 17.3. The standard InChI is InChI=1S/C32H29N3O2/c1-24(15-16-25-9-4-2-5-10-25)34-32(36)31-22-33-23-35(31)28-12-8-11-27(21-28)26-17-19-30(20-18-26)37-29-13-6-3-7-14-29/h2-14,17-24H,15-16H2,1H3,(H,34,36)/t24-/m0/s1. The Morgan fingerprint density at radius 2 is 1.54 bits per heavy atom. The third-order valence-electron chi connectivity index (χ3n) is 6.25. The molecule has 0 radical (unpaired) electrons. The molecule has 0 fully saturated rings. The predicted molar refractivity (Wildman–Crippen MR) is 147 cm³/mol. The summed E-state index contributed by atoms with van der Waals surface area (Å²) in [6.07, 6.45) is 5.07. The third kappa shape index (κ3) is 6.14. The molecule has 5 heteroatoms. The lowest BCUT2D eigenvalue weighted by Gasteiger charge is -2.15. The van der Waals surface area contributed by atoms with Crippen LogP contribution in [0.2, 0.25) is 0 Å². The number of imidazole rings is 1. The van der Waals surface area contributed by atoms with Crippen LogP contribution in [-0.2, 0) is 6.42 Å². The van der Waals surface area contributed by atoms with Crippen molar-refractivity contribution in [2.24, 2.45) is 0 Å². The van der Waals surface area contributed by atoms with Crippen LogP contribution >= 0.6 is 0 Å². The van der Waals surface area contributed by atoms with E-state index in [1.807, 2.05) is 96.4 Å². The van der Waals surface area contributed by atoms with Crippen molar-refractivity contribution >= 4 is 5.91 Å². The molecule has 0 saturated heterocycles. The van der Waals surface area contributed by atoms with E-state index in [2.05, 4.69) is 34.6 Å². The molecule has 0 aliphatic heterocycles. The summed E-state index contributed by atoms with van der Waals surface area (Å²) in [6, 6.07) is 36.2. The van der Waals surface area contributed by atoms with Crippen molar-refractivity contribution in [2.75, 3.05) is 0 Å². The number of aryl methyl sites for hydroxylation is 1. The maximum atomic E-state index is 13.1. The van der Waals surface area contributed by atoms with Crippen LogP contribution in [0.3, 0.4) is 0 Å². The number of ether oxygens (including phenoxy) is 1. The number of carbonyl (C=O) groups is 1. The molecule has 37 heavy (non-hydrogen) atoms. The molecule has 1 atom stereocenters. The molecule has 5 nitrogen and oxygen atoms in total. The highest BCUT2D eigenvalue weighted by molar-refractivity contribution is 5.93. The quantitative estimate of drug-likeness (QED) is 0.242. The van der Waals surface area contributed by atoms with E-state index >= 15 is 0 Å². The van der Waals surface area contributed by atoms with Crippen LogP contribution in [-0.4, -0.2) is 21.5 Å². The van der Waals surface area contributed by atoms with Gasteiger partial charge in [-0.2, -0.15) is 0 Å². The van der Waals surface area contributed by atoms with Gasteiger partial charge in [0, 0.05) is 11.7 Å². The first-order valence-corrected chi connectivity index (χ1v) is 12.5. The van der Waals surface area contributed by atoms with Gasteiger partial charge in [0.1, 0.15) is 17.2 Å². The summed E-state index contributed by atoms with van der Waals surface area (Å²) in [5, 5.41) is 3.12. The molecule has 5 aromatic rings. The van der Waals surface area contributed by atoms with E-state index in [4.69, 9.17) is 4.74 Å². The molecule has 0 aliphatic rings. The summed E-state index contributed by atoms with van der Waals surface area (Å²) in [5.74, 6) is 1.45. The highest BCUT2D eigenvalue weighted by atomic mass is 16.5. The molecule has 1 aromatic heterocycles. The summed E-state index contributed by atoms with van der Waals surface area (Å²) < 4.78 is 7.74. The Bertz CT molecular complexity index is 1440. The highest BCUT2D eigenvalue weighted by Gasteiger charge is 2.16. The van der Waals surface area contributed by atoms with Gasteiger partial charge in [0.2, 0.25) is 0 Å². The normalized spacial score (nSPS) is 11.6. The van der Waals surface area contributed by atoms with Gasteiger partial charge in [-0.25, -0.2) is 4.98 Å². The minimum Gasteiger partial charge on any atom is -0.457 e. The monoisotopic (exact) mass is 487 g/mol. The maximum Gasteiger partial charge on any atom is 0.270 e. The molecule has 0 saturated carbocycles. The second kappa shape index (κ2) is 11.4. The number of nitrogens with zero attached hydrogens (tertiary/aromatic N) is 2. The molecule has 1 heterocycles. The number of aromatic nitrogens is 2. The van der Waals surface area contributed by atoms with Crippen LogP contribution < -0.4 is 10.1 Å². The SMILES string of the molecule is C[C@@H](CCc1ccccc1)NC(=O)c1cncn1-c1cccc(-c2ccc(Oc3ccccc3)cc2)c1. The van der Waals surface area contributed by atoms with E-state index < -0.39 is 0 Å². The number of rotatable bonds is 9. The van der Waals surface area contributed by atoms with Gasteiger partial charge in [0.25, 0.3) is 5.91 Å². The minimum absolute atomic E-state index is 0.0407. The number of hydrogen-bond acceptors (Lipinski definition) is 3. The first-order valence-electron chi connectivity index (χ1n) is 12.5. The van der Waals surface area contributed by atoms with Crippen molar-refractivity contribution in [1.82, 2.24) is 14.9 Å². The summed E-state index contributed by atoms with van der Waals surface area (Å²) in [5.41, 5.74) is 4.75. The molecule has 1 amide bonds. The Morgan fingerprint density at radius 1 is 0.838 bits per heavy atom. The van der Waals surface area contributed by atoms with E-state index in [0.29, 0.717) is 5.69 Å². The van der Waals surface area contributed by atoms with Crippen molar-refractivity contribution in [2.45, 2.75) is 25.8 Å². The molecule has 0 bridgehead atoms. The average Bonchev–Trinajstić information content (AvgIpc) is 3.44. The molecular weight excluding hydrogens is 458 g/mol. The number of nitrogens with one attached hydrogen (secondary N) is 1. The first kappa shape index (κ1) is 24.1. The summed E-state index contributed by atoms with van der Waals surface area (Å²) in [6.45, 7) is 2.04. The fourth-order valence-electron chi connectivity index (χ4n) is 4.24. The second-order valence-corrected chi connectivity index (χ2v) is 9.04. The molecule has 0 unspecified atom stereocenters. The van der Waals surface area contributed by atoms with Crippen molar-refractivity contribution in [3.8, 4) is 28.3 Å². The van der Waals surface area contributed by atoms with Crippen LogP contribution in [0.1, 0.15) is 29.4 Å². The Hall–Kier alpha value is -4.64. The molecule has 5 rings (SSSR count). The maximum absolute atomic E-state index is 13.1. The number of benzene rings is 4. The number of amides is 1. The molecule has 184 valence electrons. The summed E-state index contributed by atoms with van der Waals surface area (Å²) in [7, 11) is 0. The van der Waals surface area contributed by atoms with E-state index in [9.17, 15) is 4.79 Å². The van der Waals surface area contributed by atoms with Gasteiger partial charge in [-0.1, -0.05) is 72.8 Å². The summed E-state index contributed by atoms with van der Waals surface area (Å²) >= 11 is 0. The lowest BCUT2D eigenvalue weighted by atomic mass is 10.0. The van der Waals surface area contributed by atoms with Gasteiger partial charge in [0.15, 0.2) is 0 Å². The zero-order chi connectivity index (χ0) is 25.5. The van der Waals surface area contributed by atoms with E-state index in [-0.39, 0.29) is 11.9 Å². The van der Waals surface area contributed by atoms with E-state index in [1.165, 1.54) is 5.56 Å². The van der Waals surface area contributed by atoms with Gasteiger partial charge >= 0.3 is 0 Å². The fourth-order valence-corrected chi connectivity index (χ4v) is 4.24. The Balaban J connectivity index is 1.27. The molecule has 4 aromatic carbocycles. The third-order valence-corrected chi connectivity index (χ3v) is 6.25. The van der Waals surface area contributed by atoms with Crippen LogP contribution in [0.4, 0.5) is 0 Å². The van der Waals surface area contributed by atoms with Crippen molar-refractivity contribution in [3.05, 3.63) is 133 Å². The smallest absolute Gasteiger partial charge is 0.270 e. The number of hydrogen-bond donors (Lipinski definition) is 1. The average molecular weight is 488 g/mol. The zero-order valence-corrected chi connectivity index (χ0v) is 20.7. The minimum atomic E-state index is -0.133. The Kier molecular flexibility index (Phi) is 7.42. The largest absolute Gasteiger partial charge is 0.457 e. The van der Waals surface area contributed by atoms with Crippen LogP contribution in [0, 0.1) is 0 Å². The van der Waals surface area contributed by atoms with Crippen molar-refractivity contribution < 1.29 is 9.53 Å². The number of carbonyl (C=O) groups excluding carboxylic acids is 1. The second-order valence-electron chi connectivity index (χ2n) is 9.04. The molecular formula is C32H29N3O2. The lowest BCUT2D eigenvalue weighted by molar-refractivity contribution is 0.0931. The Morgan fingerprint density at radius 3 is 2.30 bits per heavy atom. The fraction of sp³-hybridized carbons (Fsp3) is 0.125.